The van der Waals surface area contributed by atoms with Crippen LogP contribution in [0.25, 0.3) is 0 Å². The third-order valence-corrected chi connectivity index (χ3v) is 6.67. The van der Waals surface area contributed by atoms with E-state index in [1.54, 1.807) is 6.07 Å². The number of aliphatic hydroxyl groups excluding tert-OH is 3. The highest BCUT2D eigenvalue weighted by Gasteiger charge is 2.41. The molecule has 4 atom stereocenters. The second-order valence-electron chi connectivity index (χ2n) is 8.52. The number of carbonyl (C=O) groups excluding carboxylic acids is 3. The topological polar surface area (TPSA) is 141 Å². The minimum absolute atomic E-state index is 0.00521. The van der Waals surface area contributed by atoms with Crippen LogP contribution in [0.3, 0.4) is 0 Å². The lowest BCUT2D eigenvalue weighted by Gasteiger charge is -2.37. The molecule has 2 aliphatic carbocycles. The maximum atomic E-state index is 13.4. The maximum Gasteiger partial charge on any atom is 0.198 e. The number of fused-ring (bicyclic) bond motifs is 4. The number of phenols is 1. The zero-order valence-corrected chi connectivity index (χ0v) is 17.1. The highest BCUT2D eigenvalue weighted by molar-refractivity contribution is 6.32. The van der Waals surface area contributed by atoms with Crippen molar-refractivity contribution in [1.29, 1.82) is 0 Å². The zero-order valence-electron chi connectivity index (χ0n) is 17.1. The van der Waals surface area contributed by atoms with E-state index in [1.807, 2.05) is 0 Å². The minimum atomic E-state index is -1.28. The normalized spacial score (nSPS) is 27.0. The SMILES string of the molecule is O=C1c2ccc3c(c2C(=O)c2ccc([C@H]4C[C@@H](O)[C@H](O)[C@@H](CO)O4)c(O)c21)C(=O)CCC3. The smallest absolute Gasteiger partial charge is 0.198 e. The van der Waals surface area contributed by atoms with E-state index in [0.717, 1.165) is 5.56 Å². The summed E-state index contributed by atoms with van der Waals surface area (Å²) in [4.78, 5) is 39.3. The van der Waals surface area contributed by atoms with Gasteiger partial charge in [-0.05, 0) is 30.5 Å². The zero-order chi connectivity index (χ0) is 22.7. The summed E-state index contributed by atoms with van der Waals surface area (Å²) >= 11 is 0. The summed E-state index contributed by atoms with van der Waals surface area (Å²) < 4.78 is 5.64. The molecule has 0 bridgehead atoms. The maximum absolute atomic E-state index is 13.4. The summed E-state index contributed by atoms with van der Waals surface area (Å²) in [6.07, 6.45) is -2.82. The van der Waals surface area contributed by atoms with Crippen LogP contribution in [0.1, 0.15) is 78.7 Å². The summed E-state index contributed by atoms with van der Waals surface area (Å²) in [6, 6.07) is 6.07. The van der Waals surface area contributed by atoms with Crippen LogP contribution >= 0.6 is 0 Å². The number of rotatable bonds is 2. The molecule has 1 saturated heterocycles. The number of phenolic OH excluding ortho intramolecular Hbond substituents is 1. The Morgan fingerprint density at radius 1 is 0.906 bits per heavy atom. The molecule has 2 aromatic carbocycles. The van der Waals surface area contributed by atoms with Gasteiger partial charge >= 0.3 is 0 Å². The van der Waals surface area contributed by atoms with E-state index in [2.05, 4.69) is 0 Å². The van der Waals surface area contributed by atoms with Crippen LogP contribution in [0.15, 0.2) is 24.3 Å². The molecule has 0 spiro atoms. The Labute approximate surface area is 183 Å². The molecule has 1 fully saturated rings. The summed E-state index contributed by atoms with van der Waals surface area (Å²) in [7, 11) is 0. The lowest BCUT2D eigenvalue weighted by Crippen LogP contribution is -2.47. The first-order valence-electron chi connectivity index (χ1n) is 10.6. The molecule has 8 heteroatoms. The Morgan fingerprint density at radius 2 is 1.59 bits per heavy atom. The summed E-state index contributed by atoms with van der Waals surface area (Å²) in [5.41, 5.74) is 1.25. The van der Waals surface area contributed by atoms with Gasteiger partial charge in [0.15, 0.2) is 17.3 Å². The Kier molecular flexibility index (Phi) is 4.98. The molecule has 0 aromatic heterocycles. The summed E-state index contributed by atoms with van der Waals surface area (Å²) in [6.45, 7) is -0.537. The van der Waals surface area contributed by atoms with Crippen LogP contribution in [0.4, 0.5) is 0 Å². The monoisotopic (exact) mass is 438 g/mol. The number of carbonyl (C=O) groups is 3. The average Bonchev–Trinajstić information content (AvgIpc) is 2.78. The van der Waals surface area contributed by atoms with Crippen LogP contribution in [0, 0.1) is 0 Å². The van der Waals surface area contributed by atoms with Crippen molar-refractivity contribution < 1.29 is 39.5 Å². The molecule has 0 amide bonds. The molecule has 0 saturated carbocycles. The quantitative estimate of drug-likeness (QED) is 0.468. The second-order valence-corrected chi connectivity index (χ2v) is 8.52. The number of benzene rings is 2. The predicted molar refractivity (Wildman–Crippen MR) is 110 cm³/mol. The number of hydrogen-bond donors (Lipinski definition) is 4. The molecular weight excluding hydrogens is 416 g/mol. The van der Waals surface area contributed by atoms with E-state index in [0.29, 0.717) is 24.8 Å². The van der Waals surface area contributed by atoms with Gasteiger partial charge in [-0.25, -0.2) is 0 Å². The highest BCUT2D eigenvalue weighted by atomic mass is 16.5. The lowest BCUT2D eigenvalue weighted by atomic mass is 9.76. The molecule has 1 aliphatic heterocycles. The van der Waals surface area contributed by atoms with Crippen LogP contribution in [0.2, 0.25) is 0 Å². The molecule has 1 heterocycles. The van der Waals surface area contributed by atoms with Crippen molar-refractivity contribution in [2.45, 2.75) is 50.1 Å². The predicted octanol–water partition coefficient (Wildman–Crippen LogP) is 1.23. The Balaban J connectivity index is 1.61. The van der Waals surface area contributed by atoms with E-state index in [1.165, 1.54) is 18.2 Å². The van der Waals surface area contributed by atoms with Gasteiger partial charge in [-0.2, -0.15) is 0 Å². The van der Waals surface area contributed by atoms with Gasteiger partial charge in [-0.3, -0.25) is 14.4 Å². The molecule has 8 nitrogen and oxygen atoms in total. The minimum Gasteiger partial charge on any atom is -0.507 e. The average molecular weight is 438 g/mol. The van der Waals surface area contributed by atoms with E-state index in [-0.39, 0.29) is 40.0 Å². The second kappa shape index (κ2) is 7.60. The summed E-state index contributed by atoms with van der Waals surface area (Å²) in [5, 5.41) is 40.5. The molecule has 3 aliphatic rings. The number of aryl methyl sites for hydroxylation is 1. The van der Waals surface area contributed by atoms with E-state index in [9.17, 15) is 34.8 Å². The van der Waals surface area contributed by atoms with Gasteiger partial charge in [0.2, 0.25) is 0 Å². The number of Topliss-reactive ketones (excluding diaryl/α,β-unsaturated/α-hetero) is 1. The Hall–Kier alpha value is -2.91. The molecule has 0 unspecified atom stereocenters. The lowest BCUT2D eigenvalue weighted by molar-refractivity contribution is -0.181. The molecular formula is C24H22O8. The molecule has 5 rings (SSSR count). The van der Waals surface area contributed by atoms with Crippen LogP contribution < -0.4 is 0 Å². The molecule has 2 aromatic rings. The molecule has 0 radical (unpaired) electrons. The molecule has 166 valence electrons. The van der Waals surface area contributed by atoms with Crippen molar-refractivity contribution in [3.63, 3.8) is 0 Å². The summed E-state index contributed by atoms with van der Waals surface area (Å²) in [5.74, 6) is -1.66. The van der Waals surface area contributed by atoms with E-state index >= 15 is 0 Å². The number of aromatic hydroxyl groups is 1. The fraction of sp³-hybridized carbons (Fsp3) is 0.375. The van der Waals surface area contributed by atoms with Crippen molar-refractivity contribution in [1.82, 2.24) is 0 Å². The van der Waals surface area contributed by atoms with Gasteiger partial charge in [0.25, 0.3) is 0 Å². The first kappa shape index (κ1) is 21.0. The van der Waals surface area contributed by atoms with Gasteiger partial charge < -0.3 is 25.2 Å². The van der Waals surface area contributed by atoms with Crippen molar-refractivity contribution in [3.05, 3.63) is 63.2 Å². The van der Waals surface area contributed by atoms with Gasteiger partial charge in [0.1, 0.15) is 18.0 Å². The van der Waals surface area contributed by atoms with Crippen molar-refractivity contribution in [2.75, 3.05) is 6.61 Å². The third-order valence-electron chi connectivity index (χ3n) is 6.67. The number of ketones is 3. The van der Waals surface area contributed by atoms with E-state index < -0.39 is 48.3 Å². The fourth-order valence-electron chi connectivity index (χ4n) is 5.02. The number of ether oxygens (including phenoxy) is 1. The van der Waals surface area contributed by atoms with Gasteiger partial charge in [0.05, 0.1) is 24.4 Å². The first-order valence-corrected chi connectivity index (χ1v) is 10.6. The van der Waals surface area contributed by atoms with Gasteiger partial charge in [-0.15, -0.1) is 0 Å². The third kappa shape index (κ3) is 2.95. The number of aliphatic hydroxyl groups is 3. The van der Waals surface area contributed by atoms with Crippen molar-refractivity contribution >= 4 is 17.3 Å². The highest BCUT2D eigenvalue weighted by Crippen LogP contribution is 2.43. The Bertz CT molecular complexity index is 1170. The molecule has 32 heavy (non-hydrogen) atoms. The van der Waals surface area contributed by atoms with E-state index in [4.69, 9.17) is 4.74 Å². The van der Waals surface area contributed by atoms with Crippen LogP contribution in [-0.4, -0.2) is 62.7 Å². The molecule has 4 N–H and O–H groups in total. The first-order chi connectivity index (χ1) is 15.3. The van der Waals surface area contributed by atoms with Gasteiger partial charge in [0, 0.05) is 40.7 Å². The Morgan fingerprint density at radius 3 is 2.34 bits per heavy atom. The van der Waals surface area contributed by atoms with Crippen molar-refractivity contribution in [2.24, 2.45) is 0 Å². The van der Waals surface area contributed by atoms with Crippen LogP contribution in [-0.2, 0) is 11.2 Å². The largest absolute Gasteiger partial charge is 0.507 e. The van der Waals surface area contributed by atoms with Gasteiger partial charge in [-0.1, -0.05) is 12.1 Å². The fourth-order valence-corrected chi connectivity index (χ4v) is 5.02. The number of hydrogen-bond acceptors (Lipinski definition) is 8. The van der Waals surface area contributed by atoms with Crippen molar-refractivity contribution in [3.8, 4) is 5.75 Å². The standard InChI is InChI=1S/C24H22O8/c25-9-17-24(31)15(27)8-16(32-17)11-6-7-13-20(21(11)28)23(30)12-5-4-10-2-1-3-14(26)18(10)19(12)22(13)29/h4-7,15-17,24-25,27-28,31H,1-3,8-9H2/t15-,16-,17-,24+/m1/s1. The van der Waals surface area contributed by atoms with Crippen LogP contribution in [0.5, 0.6) is 5.75 Å².